The number of carbonyl (C=O) groups excluding carboxylic acids is 1. The molecule has 5 nitrogen and oxygen atoms in total. The average molecular weight is 315 g/mol. The van der Waals surface area contributed by atoms with Crippen molar-refractivity contribution in [2.24, 2.45) is 7.05 Å². The van der Waals surface area contributed by atoms with Gasteiger partial charge in [-0.1, -0.05) is 18.2 Å². The van der Waals surface area contributed by atoms with Crippen LogP contribution in [0.2, 0.25) is 0 Å². The van der Waals surface area contributed by atoms with Crippen molar-refractivity contribution in [1.82, 2.24) is 9.88 Å². The van der Waals surface area contributed by atoms with E-state index in [1.54, 1.807) is 0 Å². The molecular weight excluding hydrogens is 298 g/mol. The summed E-state index contributed by atoms with van der Waals surface area (Å²) in [6.07, 6.45) is 1.15. The van der Waals surface area contributed by atoms with Crippen LogP contribution in [0.4, 0.5) is 9.80 Å². The van der Waals surface area contributed by atoms with E-state index in [0.717, 1.165) is 21.5 Å². The lowest BCUT2D eigenvalue weighted by molar-refractivity contribution is 0.176. The van der Waals surface area contributed by atoms with Crippen LogP contribution in [-0.4, -0.2) is 22.2 Å². The van der Waals surface area contributed by atoms with Crippen LogP contribution in [-0.2, 0) is 7.05 Å². The molecule has 3 aromatic rings. The third-order valence-corrected chi connectivity index (χ3v) is 4.29. The lowest BCUT2D eigenvalue weighted by Gasteiger charge is -2.11. The highest BCUT2D eigenvalue weighted by Gasteiger charge is 2.15. The van der Waals surface area contributed by atoms with Gasteiger partial charge in [-0.25, -0.2) is 4.79 Å². The van der Waals surface area contributed by atoms with E-state index in [2.05, 4.69) is 10.6 Å². The van der Waals surface area contributed by atoms with Gasteiger partial charge >= 0.3 is 6.03 Å². The molecule has 2 aromatic heterocycles. The van der Waals surface area contributed by atoms with Crippen LogP contribution in [0.3, 0.4) is 0 Å². The number of para-hydroxylation sites is 1. The van der Waals surface area contributed by atoms with Gasteiger partial charge in [0.2, 0.25) is 0 Å². The van der Waals surface area contributed by atoms with Crippen molar-refractivity contribution < 1.29 is 9.90 Å². The van der Waals surface area contributed by atoms with Gasteiger partial charge in [-0.2, -0.15) is 0 Å². The summed E-state index contributed by atoms with van der Waals surface area (Å²) in [5.41, 5.74) is 1.87. The zero-order valence-electron chi connectivity index (χ0n) is 12.1. The van der Waals surface area contributed by atoms with E-state index < -0.39 is 6.10 Å². The molecule has 0 aliphatic rings. The van der Waals surface area contributed by atoms with Gasteiger partial charge in [-0.05, 0) is 23.6 Å². The van der Waals surface area contributed by atoms with Gasteiger partial charge in [0.05, 0.1) is 11.1 Å². The average Bonchev–Trinajstić information content (AvgIpc) is 3.14. The number of amides is 2. The molecule has 3 N–H and O–H groups in total. The third-order valence-electron chi connectivity index (χ3n) is 3.50. The van der Waals surface area contributed by atoms with Crippen LogP contribution in [0, 0.1) is 0 Å². The van der Waals surface area contributed by atoms with E-state index in [-0.39, 0.29) is 12.6 Å². The van der Waals surface area contributed by atoms with Gasteiger partial charge in [0.1, 0.15) is 0 Å². The Bertz CT molecular complexity index is 780. The molecule has 22 heavy (non-hydrogen) atoms. The van der Waals surface area contributed by atoms with Crippen molar-refractivity contribution in [1.29, 1.82) is 0 Å². The summed E-state index contributed by atoms with van der Waals surface area (Å²) in [4.78, 5) is 11.8. The normalized spacial score (nSPS) is 12.3. The standard InChI is InChI=1S/C16H17N3O2S/c1-19-10-12(11-5-2-3-6-13(11)19)14(20)9-17-16(21)18-15-7-4-8-22-15/h2-8,10,14,20H,9H2,1H3,(H2,17,18,21)/t14-/m1/s1. The van der Waals surface area contributed by atoms with Gasteiger partial charge in [0.25, 0.3) is 0 Å². The number of aromatic nitrogens is 1. The summed E-state index contributed by atoms with van der Waals surface area (Å²) < 4.78 is 1.97. The molecule has 0 fully saturated rings. The fourth-order valence-electron chi connectivity index (χ4n) is 2.44. The molecule has 0 radical (unpaired) electrons. The Morgan fingerprint density at radius 2 is 2.14 bits per heavy atom. The Kier molecular flexibility index (Phi) is 4.13. The molecule has 6 heteroatoms. The highest BCUT2D eigenvalue weighted by molar-refractivity contribution is 7.14. The van der Waals surface area contributed by atoms with Gasteiger partial charge in [0, 0.05) is 36.3 Å². The zero-order valence-corrected chi connectivity index (χ0v) is 12.9. The first kappa shape index (κ1) is 14.6. The molecule has 114 valence electrons. The van der Waals surface area contributed by atoms with Crippen molar-refractivity contribution >= 4 is 33.3 Å². The number of carbonyl (C=O) groups is 1. The molecular formula is C16H17N3O2S. The number of benzene rings is 1. The van der Waals surface area contributed by atoms with Gasteiger partial charge in [0.15, 0.2) is 0 Å². The maximum absolute atomic E-state index is 11.8. The fourth-order valence-corrected chi connectivity index (χ4v) is 3.06. The number of aliphatic hydroxyl groups is 1. The van der Waals surface area contributed by atoms with E-state index in [9.17, 15) is 9.90 Å². The Hall–Kier alpha value is -2.31. The molecule has 0 aliphatic heterocycles. The quantitative estimate of drug-likeness (QED) is 0.692. The summed E-state index contributed by atoms with van der Waals surface area (Å²) in [6.45, 7) is 0.158. The van der Waals surface area contributed by atoms with Crippen LogP contribution < -0.4 is 10.6 Å². The summed E-state index contributed by atoms with van der Waals surface area (Å²) in [5.74, 6) is 0. The number of hydrogen-bond acceptors (Lipinski definition) is 3. The van der Waals surface area contributed by atoms with Gasteiger partial charge < -0.3 is 15.0 Å². The highest BCUT2D eigenvalue weighted by atomic mass is 32.1. The smallest absolute Gasteiger partial charge is 0.319 e. The highest BCUT2D eigenvalue weighted by Crippen LogP contribution is 2.25. The number of anilines is 1. The summed E-state index contributed by atoms with van der Waals surface area (Å²) in [5, 5.41) is 19.4. The first-order valence-corrected chi connectivity index (χ1v) is 7.83. The lowest BCUT2D eigenvalue weighted by Crippen LogP contribution is -2.32. The van der Waals surface area contributed by atoms with Crippen LogP contribution >= 0.6 is 11.3 Å². The summed E-state index contributed by atoms with van der Waals surface area (Å²) >= 11 is 1.45. The number of thiophene rings is 1. The SMILES string of the molecule is Cn1cc([C@H](O)CNC(=O)Nc2cccs2)c2ccccc21. The van der Waals surface area contributed by atoms with Crippen molar-refractivity contribution in [2.45, 2.75) is 6.10 Å². The summed E-state index contributed by atoms with van der Waals surface area (Å²) in [6, 6.07) is 11.3. The van der Waals surface area contributed by atoms with E-state index in [1.165, 1.54) is 11.3 Å². The number of fused-ring (bicyclic) bond motifs is 1. The van der Waals surface area contributed by atoms with E-state index >= 15 is 0 Å². The maximum Gasteiger partial charge on any atom is 0.319 e. The molecule has 0 saturated carbocycles. The van der Waals surface area contributed by atoms with Crippen LogP contribution in [0.5, 0.6) is 0 Å². The molecule has 0 spiro atoms. The number of nitrogens with zero attached hydrogens (tertiary/aromatic N) is 1. The van der Waals surface area contributed by atoms with Crippen LogP contribution in [0.25, 0.3) is 10.9 Å². The predicted octanol–water partition coefficient (Wildman–Crippen LogP) is 3.09. The van der Waals surface area contributed by atoms with Crippen molar-refractivity contribution in [3.8, 4) is 0 Å². The van der Waals surface area contributed by atoms with Gasteiger partial charge in [-0.3, -0.25) is 5.32 Å². The molecule has 0 saturated heterocycles. The monoisotopic (exact) mass is 315 g/mol. The zero-order chi connectivity index (χ0) is 15.5. The Balaban J connectivity index is 1.66. The second-order valence-corrected chi connectivity index (χ2v) is 5.99. The van der Waals surface area contributed by atoms with Gasteiger partial charge in [-0.15, -0.1) is 11.3 Å². The van der Waals surface area contributed by atoms with E-state index in [0.29, 0.717) is 0 Å². The molecule has 2 heterocycles. The molecule has 0 unspecified atom stereocenters. The minimum atomic E-state index is -0.750. The van der Waals surface area contributed by atoms with Crippen LogP contribution in [0.15, 0.2) is 48.0 Å². The number of nitrogens with one attached hydrogen (secondary N) is 2. The van der Waals surface area contributed by atoms with Crippen molar-refractivity contribution in [2.75, 3.05) is 11.9 Å². The topological polar surface area (TPSA) is 66.3 Å². The van der Waals surface area contributed by atoms with E-state index in [4.69, 9.17) is 0 Å². The Morgan fingerprint density at radius 3 is 2.91 bits per heavy atom. The second-order valence-electron chi connectivity index (χ2n) is 5.04. The minimum absolute atomic E-state index is 0.158. The third kappa shape index (κ3) is 2.98. The fraction of sp³-hybridized carbons (Fsp3) is 0.188. The first-order chi connectivity index (χ1) is 10.6. The number of hydrogen-bond donors (Lipinski definition) is 3. The number of urea groups is 1. The Labute approximate surface area is 132 Å². The number of rotatable bonds is 4. The van der Waals surface area contributed by atoms with E-state index in [1.807, 2.05) is 59.6 Å². The maximum atomic E-state index is 11.8. The Morgan fingerprint density at radius 1 is 1.32 bits per heavy atom. The van der Waals surface area contributed by atoms with Crippen molar-refractivity contribution in [3.05, 3.63) is 53.5 Å². The molecule has 0 aliphatic carbocycles. The van der Waals surface area contributed by atoms with Crippen LogP contribution in [0.1, 0.15) is 11.7 Å². The predicted molar refractivity (Wildman–Crippen MR) is 89.2 cm³/mol. The van der Waals surface area contributed by atoms with Crippen molar-refractivity contribution in [3.63, 3.8) is 0 Å². The second kappa shape index (κ2) is 6.21. The lowest BCUT2D eigenvalue weighted by atomic mass is 10.1. The summed E-state index contributed by atoms with van der Waals surface area (Å²) in [7, 11) is 1.94. The minimum Gasteiger partial charge on any atom is -0.386 e. The molecule has 2 amide bonds. The number of aliphatic hydroxyl groups excluding tert-OH is 1. The molecule has 3 rings (SSSR count). The largest absolute Gasteiger partial charge is 0.386 e. The number of aryl methyl sites for hydroxylation is 1. The molecule has 1 atom stereocenters. The molecule has 0 bridgehead atoms. The first-order valence-electron chi connectivity index (χ1n) is 6.95. The molecule has 1 aromatic carbocycles.